The minimum atomic E-state index is -0.519. The molecule has 1 amide bonds. The smallest absolute Gasteiger partial charge is 0.257 e. The van der Waals surface area contributed by atoms with Gasteiger partial charge in [-0.05, 0) is 49.1 Å². The van der Waals surface area contributed by atoms with Gasteiger partial charge in [-0.25, -0.2) is 4.39 Å². The summed E-state index contributed by atoms with van der Waals surface area (Å²) in [6, 6.07) is 9.90. The molecule has 1 aliphatic heterocycles. The highest BCUT2D eigenvalue weighted by Crippen LogP contribution is 2.29. The summed E-state index contributed by atoms with van der Waals surface area (Å²) in [6.45, 7) is 4.33. The van der Waals surface area contributed by atoms with Crippen molar-refractivity contribution in [3.63, 3.8) is 0 Å². The summed E-state index contributed by atoms with van der Waals surface area (Å²) in [7, 11) is 0. The normalized spacial score (nSPS) is 16.4. The predicted molar refractivity (Wildman–Crippen MR) is 106 cm³/mol. The molecule has 1 fully saturated rings. The number of benzene rings is 2. The quantitative estimate of drug-likeness (QED) is 0.763. The van der Waals surface area contributed by atoms with Crippen LogP contribution in [-0.2, 0) is 4.79 Å². The van der Waals surface area contributed by atoms with E-state index in [1.54, 1.807) is 0 Å². The third-order valence-corrected chi connectivity index (χ3v) is 5.17. The van der Waals surface area contributed by atoms with Gasteiger partial charge in [-0.3, -0.25) is 4.79 Å². The van der Waals surface area contributed by atoms with Gasteiger partial charge >= 0.3 is 0 Å². The Balaban J connectivity index is 1.44. The second-order valence-electron chi connectivity index (χ2n) is 6.70. The lowest BCUT2D eigenvalue weighted by Crippen LogP contribution is -2.34. The zero-order chi connectivity index (χ0) is 19.4. The van der Waals surface area contributed by atoms with Crippen LogP contribution in [0, 0.1) is 18.7 Å². The number of anilines is 1. The zero-order valence-electron chi connectivity index (χ0n) is 15.0. The van der Waals surface area contributed by atoms with E-state index in [1.807, 2.05) is 18.2 Å². The first-order chi connectivity index (χ1) is 12.9. The van der Waals surface area contributed by atoms with E-state index in [2.05, 4.69) is 17.1 Å². The molecule has 0 spiro atoms. The van der Waals surface area contributed by atoms with E-state index in [9.17, 15) is 9.18 Å². The number of ether oxygens (including phenoxy) is 1. The standard InChI is InChI=1S/C20H21Cl2FN2O2/c1-13-2-3-15(21)8-19(13)25-7-6-14(11-25)10-24-20(26)12-27-16-4-5-18(23)17(22)9-16/h2-5,8-9,14H,6-7,10-12H2,1H3,(H,24,26). The van der Waals surface area contributed by atoms with Crippen molar-refractivity contribution in [2.45, 2.75) is 13.3 Å². The van der Waals surface area contributed by atoms with E-state index in [1.165, 1.54) is 23.8 Å². The Morgan fingerprint density at radius 2 is 2.11 bits per heavy atom. The highest BCUT2D eigenvalue weighted by molar-refractivity contribution is 6.31. The summed E-state index contributed by atoms with van der Waals surface area (Å²) in [5.74, 6) is -0.00495. The molecule has 2 aromatic carbocycles. The summed E-state index contributed by atoms with van der Waals surface area (Å²) in [6.07, 6.45) is 1.00. The Kier molecular flexibility index (Phi) is 6.45. The fourth-order valence-electron chi connectivity index (χ4n) is 3.17. The van der Waals surface area contributed by atoms with Crippen molar-refractivity contribution in [3.8, 4) is 5.75 Å². The summed E-state index contributed by atoms with van der Waals surface area (Å²) in [5.41, 5.74) is 2.34. The Morgan fingerprint density at radius 1 is 1.30 bits per heavy atom. The predicted octanol–water partition coefficient (Wildman–Crippen LogP) is 4.46. The molecule has 1 saturated heterocycles. The van der Waals surface area contributed by atoms with Gasteiger partial charge in [-0.2, -0.15) is 0 Å². The summed E-state index contributed by atoms with van der Waals surface area (Å²) in [4.78, 5) is 14.3. The number of rotatable bonds is 6. The number of nitrogens with one attached hydrogen (secondary N) is 1. The Hall–Kier alpha value is -1.98. The van der Waals surface area contributed by atoms with E-state index >= 15 is 0 Å². The second-order valence-corrected chi connectivity index (χ2v) is 7.54. The van der Waals surface area contributed by atoms with Crippen LogP contribution in [0.5, 0.6) is 5.75 Å². The van der Waals surface area contributed by atoms with Crippen LogP contribution in [0.3, 0.4) is 0 Å². The van der Waals surface area contributed by atoms with Crippen molar-refractivity contribution in [1.82, 2.24) is 5.32 Å². The molecule has 0 bridgehead atoms. The van der Waals surface area contributed by atoms with Gasteiger partial charge < -0.3 is 15.0 Å². The molecule has 1 N–H and O–H groups in total. The minimum Gasteiger partial charge on any atom is -0.484 e. The molecular weight excluding hydrogens is 390 g/mol. The van der Waals surface area contributed by atoms with Gasteiger partial charge in [0.2, 0.25) is 0 Å². The molecule has 0 radical (unpaired) electrons. The van der Waals surface area contributed by atoms with Crippen molar-refractivity contribution >= 4 is 34.8 Å². The number of halogens is 3. The van der Waals surface area contributed by atoms with Gasteiger partial charge in [0.05, 0.1) is 5.02 Å². The van der Waals surface area contributed by atoms with Gasteiger partial charge in [-0.1, -0.05) is 29.3 Å². The molecule has 1 atom stereocenters. The third-order valence-electron chi connectivity index (χ3n) is 4.65. The van der Waals surface area contributed by atoms with Crippen LogP contribution in [0.2, 0.25) is 10.0 Å². The van der Waals surface area contributed by atoms with Crippen LogP contribution in [0.1, 0.15) is 12.0 Å². The van der Waals surface area contributed by atoms with E-state index in [0.717, 1.165) is 30.2 Å². The maximum Gasteiger partial charge on any atom is 0.257 e. The van der Waals surface area contributed by atoms with E-state index < -0.39 is 5.82 Å². The lowest BCUT2D eigenvalue weighted by atomic mass is 10.1. The second kappa shape index (κ2) is 8.81. The summed E-state index contributed by atoms with van der Waals surface area (Å²) in [5, 5.41) is 3.59. The fraction of sp³-hybridized carbons (Fsp3) is 0.350. The maximum absolute atomic E-state index is 13.1. The van der Waals surface area contributed by atoms with Gasteiger partial charge in [0.15, 0.2) is 6.61 Å². The van der Waals surface area contributed by atoms with Gasteiger partial charge in [-0.15, -0.1) is 0 Å². The molecule has 3 rings (SSSR count). The molecule has 144 valence electrons. The third kappa shape index (κ3) is 5.27. The SMILES string of the molecule is Cc1ccc(Cl)cc1N1CCC(CNC(=O)COc2ccc(F)c(Cl)c2)C1. The fourth-order valence-corrected chi connectivity index (χ4v) is 3.50. The van der Waals surface area contributed by atoms with Crippen molar-refractivity contribution in [3.05, 3.63) is 57.8 Å². The highest BCUT2D eigenvalue weighted by atomic mass is 35.5. The van der Waals surface area contributed by atoms with E-state index in [4.69, 9.17) is 27.9 Å². The average Bonchev–Trinajstić information content (AvgIpc) is 3.12. The molecule has 0 saturated carbocycles. The van der Waals surface area contributed by atoms with Crippen molar-refractivity contribution in [1.29, 1.82) is 0 Å². The lowest BCUT2D eigenvalue weighted by molar-refractivity contribution is -0.123. The van der Waals surface area contributed by atoms with Crippen molar-refractivity contribution < 1.29 is 13.9 Å². The topological polar surface area (TPSA) is 41.6 Å². The maximum atomic E-state index is 13.1. The molecule has 2 aromatic rings. The first kappa shape index (κ1) is 19.8. The van der Waals surface area contributed by atoms with Crippen LogP contribution in [0.4, 0.5) is 10.1 Å². The number of hydrogen-bond acceptors (Lipinski definition) is 3. The zero-order valence-corrected chi connectivity index (χ0v) is 16.5. The number of carbonyl (C=O) groups excluding carboxylic acids is 1. The average molecular weight is 411 g/mol. The molecule has 1 unspecified atom stereocenters. The first-order valence-electron chi connectivity index (χ1n) is 8.78. The first-order valence-corrected chi connectivity index (χ1v) is 9.53. The Labute approximate surface area is 168 Å². The summed E-state index contributed by atoms with van der Waals surface area (Å²) < 4.78 is 18.5. The molecule has 0 aliphatic carbocycles. The van der Waals surface area contributed by atoms with Crippen LogP contribution < -0.4 is 15.0 Å². The molecule has 1 aliphatic rings. The largest absolute Gasteiger partial charge is 0.484 e. The van der Waals surface area contributed by atoms with Crippen molar-refractivity contribution in [2.24, 2.45) is 5.92 Å². The molecule has 0 aromatic heterocycles. The lowest BCUT2D eigenvalue weighted by Gasteiger charge is -2.21. The van der Waals surface area contributed by atoms with Gasteiger partial charge in [0.1, 0.15) is 11.6 Å². The van der Waals surface area contributed by atoms with E-state index in [0.29, 0.717) is 18.2 Å². The molecule has 1 heterocycles. The van der Waals surface area contributed by atoms with Crippen LogP contribution in [-0.4, -0.2) is 32.1 Å². The molecular formula is C20H21Cl2FN2O2. The van der Waals surface area contributed by atoms with E-state index in [-0.39, 0.29) is 17.5 Å². The van der Waals surface area contributed by atoms with Crippen LogP contribution in [0.15, 0.2) is 36.4 Å². The Bertz CT molecular complexity index is 832. The molecule has 27 heavy (non-hydrogen) atoms. The summed E-state index contributed by atoms with van der Waals surface area (Å²) >= 11 is 11.8. The number of carbonyl (C=O) groups is 1. The minimum absolute atomic E-state index is 0.0322. The number of aryl methyl sites for hydroxylation is 1. The molecule has 7 heteroatoms. The van der Waals surface area contributed by atoms with Crippen molar-refractivity contribution in [2.75, 3.05) is 31.1 Å². The highest BCUT2D eigenvalue weighted by Gasteiger charge is 2.24. The van der Waals surface area contributed by atoms with Crippen LogP contribution in [0.25, 0.3) is 0 Å². The Morgan fingerprint density at radius 3 is 2.89 bits per heavy atom. The molecule has 4 nitrogen and oxygen atoms in total. The number of hydrogen-bond donors (Lipinski definition) is 1. The van der Waals surface area contributed by atoms with Crippen LogP contribution >= 0.6 is 23.2 Å². The monoisotopic (exact) mass is 410 g/mol. The number of nitrogens with zero attached hydrogens (tertiary/aromatic N) is 1. The van der Waals surface area contributed by atoms with Gasteiger partial charge in [0.25, 0.3) is 5.91 Å². The number of amides is 1. The van der Waals surface area contributed by atoms with Gasteiger partial charge in [0, 0.05) is 36.4 Å².